The van der Waals surface area contributed by atoms with E-state index in [1.165, 1.54) is 19.4 Å². The summed E-state index contributed by atoms with van der Waals surface area (Å²) in [6.45, 7) is 7.41. The van der Waals surface area contributed by atoms with Gasteiger partial charge in [0.05, 0.1) is 5.69 Å². The molecule has 1 aliphatic carbocycles. The van der Waals surface area contributed by atoms with Crippen molar-refractivity contribution in [1.29, 1.82) is 0 Å². The Balaban J connectivity index is 1.17. The summed E-state index contributed by atoms with van der Waals surface area (Å²) in [7, 11) is 0. The largest absolute Gasteiger partial charge is 0.387 e. The number of rotatable bonds is 7. The first-order valence-electron chi connectivity index (χ1n) is 11.7. The highest BCUT2D eigenvalue weighted by Gasteiger charge is 2.35. The van der Waals surface area contributed by atoms with Gasteiger partial charge in [-0.05, 0) is 69.0 Å². The monoisotopic (exact) mass is 445 g/mol. The number of piperazine rings is 1. The summed E-state index contributed by atoms with van der Waals surface area (Å²) in [4.78, 5) is 27.8. The minimum Gasteiger partial charge on any atom is -0.387 e. The lowest BCUT2D eigenvalue weighted by Gasteiger charge is -2.44. The Morgan fingerprint density at radius 3 is 2.48 bits per heavy atom. The van der Waals surface area contributed by atoms with E-state index in [9.17, 15) is 4.79 Å². The van der Waals surface area contributed by atoms with E-state index in [-0.39, 0.29) is 18.0 Å². The van der Waals surface area contributed by atoms with Crippen LogP contribution in [0.4, 0.5) is 5.69 Å². The van der Waals surface area contributed by atoms with E-state index in [0.717, 1.165) is 35.6 Å². The van der Waals surface area contributed by atoms with Gasteiger partial charge in [0.25, 0.3) is 5.91 Å². The molecule has 2 aromatic carbocycles. The van der Waals surface area contributed by atoms with Gasteiger partial charge in [-0.15, -0.1) is 0 Å². The smallest absolute Gasteiger partial charge is 0.254 e. The molecule has 1 aliphatic heterocycles. The molecule has 0 bridgehead atoms. The standard InChI is InChI=1S/C26H31N5O2/c1-18-15-30(17-20-8-9-20)16-19(2)31(18)26(32)22-10-12-23(13-11-22)28-29-33-24-7-3-5-21-6-4-14-27-25(21)24/h3-7,10-14,18-20,28-29H,8-9,15-17H2,1-2H3. The molecule has 33 heavy (non-hydrogen) atoms. The van der Waals surface area contributed by atoms with Crippen LogP contribution in [0.25, 0.3) is 10.9 Å². The third-order valence-electron chi connectivity index (χ3n) is 6.53. The Bertz CT molecular complexity index is 1100. The fourth-order valence-corrected chi connectivity index (χ4v) is 4.79. The number of anilines is 1. The maximum Gasteiger partial charge on any atom is 0.254 e. The van der Waals surface area contributed by atoms with Crippen molar-refractivity contribution in [2.75, 3.05) is 25.1 Å². The number of pyridine rings is 1. The Morgan fingerprint density at radius 2 is 1.76 bits per heavy atom. The van der Waals surface area contributed by atoms with Crippen LogP contribution in [0.3, 0.4) is 0 Å². The number of carbonyl (C=O) groups is 1. The van der Waals surface area contributed by atoms with Crippen molar-refractivity contribution >= 4 is 22.5 Å². The molecule has 0 radical (unpaired) electrons. The molecule has 7 nitrogen and oxygen atoms in total. The topological polar surface area (TPSA) is 69.7 Å². The van der Waals surface area contributed by atoms with Crippen LogP contribution in [0, 0.1) is 5.92 Å². The molecule has 1 aromatic heterocycles. The third kappa shape index (κ3) is 4.94. The van der Waals surface area contributed by atoms with Crippen LogP contribution in [0.1, 0.15) is 37.0 Å². The number of para-hydroxylation sites is 1. The van der Waals surface area contributed by atoms with E-state index in [4.69, 9.17) is 4.84 Å². The van der Waals surface area contributed by atoms with Crippen molar-refractivity contribution in [2.45, 2.75) is 38.8 Å². The molecule has 2 atom stereocenters. The minimum atomic E-state index is 0.0960. The summed E-state index contributed by atoms with van der Waals surface area (Å²) in [6, 6.07) is 17.6. The molecule has 2 aliphatic rings. The molecule has 3 aromatic rings. The van der Waals surface area contributed by atoms with Gasteiger partial charge in [-0.1, -0.05) is 23.8 Å². The maximum absolute atomic E-state index is 13.2. The number of carbonyl (C=O) groups excluding carboxylic acids is 1. The summed E-state index contributed by atoms with van der Waals surface area (Å²) in [5.74, 6) is 1.61. The van der Waals surface area contributed by atoms with Gasteiger partial charge in [0.1, 0.15) is 5.52 Å². The molecule has 2 heterocycles. The lowest BCUT2D eigenvalue weighted by atomic mass is 10.0. The fourth-order valence-electron chi connectivity index (χ4n) is 4.79. The van der Waals surface area contributed by atoms with Gasteiger partial charge in [0.15, 0.2) is 5.75 Å². The van der Waals surface area contributed by atoms with Gasteiger partial charge in [-0.3, -0.25) is 20.1 Å². The quantitative estimate of drug-likeness (QED) is 0.534. The number of nitrogens with zero attached hydrogens (tertiary/aromatic N) is 3. The van der Waals surface area contributed by atoms with Crippen LogP contribution in [0.15, 0.2) is 60.8 Å². The predicted molar refractivity (Wildman–Crippen MR) is 130 cm³/mol. The highest BCUT2D eigenvalue weighted by atomic mass is 16.7. The van der Waals surface area contributed by atoms with Crippen LogP contribution in [-0.4, -0.2) is 52.4 Å². The summed E-state index contributed by atoms with van der Waals surface area (Å²) < 4.78 is 0. The average molecular weight is 446 g/mol. The number of aromatic nitrogens is 1. The van der Waals surface area contributed by atoms with Crippen LogP contribution in [0.2, 0.25) is 0 Å². The van der Waals surface area contributed by atoms with Crippen molar-refractivity contribution in [3.05, 3.63) is 66.4 Å². The van der Waals surface area contributed by atoms with Crippen molar-refractivity contribution in [3.8, 4) is 5.75 Å². The zero-order valence-corrected chi connectivity index (χ0v) is 19.2. The molecule has 0 spiro atoms. The highest BCUT2D eigenvalue weighted by Crippen LogP contribution is 2.31. The normalized spacial score (nSPS) is 21.2. The first-order chi connectivity index (χ1) is 16.1. The van der Waals surface area contributed by atoms with Crippen LogP contribution >= 0.6 is 0 Å². The molecule has 1 amide bonds. The van der Waals surface area contributed by atoms with Gasteiger partial charge < -0.3 is 9.74 Å². The summed E-state index contributed by atoms with van der Waals surface area (Å²) in [6.07, 6.45) is 4.47. The van der Waals surface area contributed by atoms with Gasteiger partial charge >= 0.3 is 0 Å². The first-order valence-corrected chi connectivity index (χ1v) is 11.7. The Hall–Kier alpha value is -3.16. The second kappa shape index (κ2) is 9.37. The van der Waals surface area contributed by atoms with Crippen molar-refractivity contribution in [1.82, 2.24) is 20.4 Å². The fraction of sp³-hybridized carbons (Fsp3) is 0.385. The number of fused-ring (bicyclic) bond motifs is 1. The number of hydrazine groups is 1. The second-order valence-corrected chi connectivity index (χ2v) is 9.31. The Labute approximate surface area is 194 Å². The molecule has 1 saturated heterocycles. The van der Waals surface area contributed by atoms with Gasteiger partial charge in [0, 0.05) is 48.9 Å². The number of benzene rings is 2. The summed E-state index contributed by atoms with van der Waals surface area (Å²) >= 11 is 0. The van der Waals surface area contributed by atoms with Crippen molar-refractivity contribution in [2.24, 2.45) is 5.92 Å². The van der Waals surface area contributed by atoms with E-state index < -0.39 is 0 Å². The van der Waals surface area contributed by atoms with E-state index in [1.807, 2.05) is 59.5 Å². The molecule has 172 valence electrons. The zero-order chi connectivity index (χ0) is 22.8. The van der Waals surface area contributed by atoms with Crippen molar-refractivity contribution in [3.63, 3.8) is 0 Å². The van der Waals surface area contributed by atoms with E-state index in [0.29, 0.717) is 11.3 Å². The van der Waals surface area contributed by atoms with Crippen molar-refractivity contribution < 1.29 is 9.63 Å². The lowest BCUT2D eigenvalue weighted by Crippen LogP contribution is -2.58. The Morgan fingerprint density at radius 1 is 1.03 bits per heavy atom. The van der Waals surface area contributed by atoms with Gasteiger partial charge in [-0.25, -0.2) is 0 Å². The van der Waals surface area contributed by atoms with E-state index >= 15 is 0 Å². The zero-order valence-electron chi connectivity index (χ0n) is 19.2. The molecule has 7 heteroatoms. The molecular formula is C26H31N5O2. The predicted octanol–water partition coefficient (Wildman–Crippen LogP) is 4.09. The lowest BCUT2D eigenvalue weighted by molar-refractivity contribution is 0.0278. The van der Waals surface area contributed by atoms with E-state index in [2.05, 4.69) is 34.7 Å². The highest BCUT2D eigenvalue weighted by molar-refractivity contribution is 5.95. The summed E-state index contributed by atoms with van der Waals surface area (Å²) in [5.41, 5.74) is 8.08. The Kier molecular flexibility index (Phi) is 6.15. The van der Waals surface area contributed by atoms with Gasteiger partial charge in [-0.2, -0.15) is 0 Å². The number of hydrogen-bond donors (Lipinski definition) is 2. The molecule has 1 saturated carbocycles. The van der Waals surface area contributed by atoms with Gasteiger partial charge in [0.2, 0.25) is 0 Å². The number of amides is 1. The molecule has 2 unspecified atom stereocenters. The van der Waals surface area contributed by atoms with Crippen LogP contribution in [0.5, 0.6) is 5.75 Å². The summed E-state index contributed by atoms with van der Waals surface area (Å²) in [5, 5.41) is 1.01. The number of nitrogens with one attached hydrogen (secondary N) is 2. The molecule has 5 rings (SSSR count). The minimum absolute atomic E-state index is 0.0960. The SMILES string of the molecule is CC1CN(CC2CC2)CC(C)N1C(=O)c1ccc(NNOc2cccc3cccnc23)cc1. The second-order valence-electron chi connectivity index (χ2n) is 9.31. The molecule has 2 N–H and O–H groups in total. The average Bonchev–Trinajstić information content (AvgIpc) is 3.63. The van der Waals surface area contributed by atoms with Crippen LogP contribution < -0.4 is 15.9 Å². The first kappa shape index (κ1) is 21.7. The van der Waals surface area contributed by atoms with E-state index in [1.54, 1.807) is 6.20 Å². The van der Waals surface area contributed by atoms with Crippen LogP contribution in [-0.2, 0) is 0 Å². The third-order valence-corrected chi connectivity index (χ3v) is 6.53. The maximum atomic E-state index is 13.2. The molecule has 2 fully saturated rings. The molecular weight excluding hydrogens is 414 g/mol. The number of hydrogen-bond acceptors (Lipinski definition) is 6.